The highest BCUT2D eigenvalue weighted by atomic mass is 32.2. The Kier molecular flexibility index (Phi) is 40.2. The molecule has 0 saturated carbocycles. The molecule has 1 saturated heterocycles. The maximum absolute atomic E-state index is 14.2. The first-order valence-electron chi connectivity index (χ1n) is 31.9. The second-order valence-corrected chi connectivity index (χ2v) is 25.2. The minimum Gasteiger partial charge on any atom is -0.481 e. The summed E-state index contributed by atoms with van der Waals surface area (Å²) in [6.07, 6.45) is -3.68. The number of amides is 12. The predicted octanol–water partition coefficient (Wildman–Crippen LogP) is -8.97. The Balaban J connectivity index is 3.38. The smallest absolute Gasteiger partial charge is 0.328 e. The number of aliphatic imine (C=N–C) groups is 2. The number of nitrogens with zero attached hydrogens (tertiary/aromatic N) is 3. The molecule has 0 aromatic carbocycles. The number of likely N-dealkylation sites (tertiary alicyclic amines) is 1. The van der Waals surface area contributed by atoms with Crippen molar-refractivity contribution in [2.45, 2.75) is 197 Å². The molecule has 40 nitrogen and oxygen atoms in total. The maximum atomic E-state index is 14.2. The van der Waals surface area contributed by atoms with Crippen molar-refractivity contribution in [3.63, 3.8) is 0 Å². The highest BCUT2D eigenvalue weighted by Crippen LogP contribution is 2.20. The van der Waals surface area contributed by atoms with Crippen LogP contribution >= 0.6 is 11.8 Å². The Morgan fingerprint density at radius 1 is 0.515 bits per heavy atom. The first-order chi connectivity index (χ1) is 46.3. The van der Waals surface area contributed by atoms with Crippen molar-refractivity contribution in [3.8, 4) is 0 Å². The second kappa shape index (κ2) is 45.4. The zero-order chi connectivity index (χ0) is 75.4. The molecule has 27 N–H and O–H groups in total. The number of carboxylic acid groups (broad SMARTS) is 3. The van der Waals surface area contributed by atoms with Crippen LogP contribution in [-0.2, 0) is 71.9 Å². The van der Waals surface area contributed by atoms with Gasteiger partial charge in [0.2, 0.25) is 70.9 Å². The predicted molar refractivity (Wildman–Crippen MR) is 355 cm³/mol. The highest BCUT2D eigenvalue weighted by Gasteiger charge is 2.41. The minimum absolute atomic E-state index is 0.0129. The van der Waals surface area contributed by atoms with Gasteiger partial charge in [-0.1, -0.05) is 27.7 Å². The van der Waals surface area contributed by atoms with Gasteiger partial charge in [0.1, 0.15) is 60.4 Å². The van der Waals surface area contributed by atoms with Crippen molar-refractivity contribution >= 4 is 112 Å². The normalized spacial score (nSPS) is 16.3. The van der Waals surface area contributed by atoms with Crippen LogP contribution in [0.15, 0.2) is 9.98 Å². The number of hydrogen-bond donors (Lipinski definition) is 22. The van der Waals surface area contributed by atoms with Gasteiger partial charge in [0, 0.05) is 26.1 Å². The van der Waals surface area contributed by atoms with Gasteiger partial charge in [0.15, 0.2) is 18.0 Å². The van der Waals surface area contributed by atoms with Crippen molar-refractivity contribution in [3.05, 3.63) is 0 Å². The van der Waals surface area contributed by atoms with E-state index >= 15 is 0 Å². The first kappa shape index (κ1) is 87.8. The van der Waals surface area contributed by atoms with E-state index in [1.54, 1.807) is 34.0 Å². The number of guanidine groups is 2. The molecular weight excluding hydrogens is 1330 g/mol. The summed E-state index contributed by atoms with van der Waals surface area (Å²) in [5, 5.41) is 84.8. The summed E-state index contributed by atoms with van der Waals surface area (Å²) >= 11 is 1.34. The van der Waals surface area contributed by atoms with E-state index in [4.69, 9.17) is 28.7 Å². The van der Waals surface area contributed by atoms with E-state index in [2.05, 4.69) is 68.5 Å². The fourth-order valence-electron chi connectivity index (χ4n) is 9.62. The Bertz CT molecular complexity index is 2840. The SMILES string of the molecule is CSCC[C@H](NC(=O)[C@H](CC(C)C)NC(=O)[C@@H](N)[C@@H](C)O)C(=O)NCC(=O)N[C@@H](CCCN=C(N)N)C(=O)N[C@@H](CC(C)C)C(=O)N[C@@H](CCC(=O)O)C(=O)N[C@@H](CC(=O)O)C(=O)NCC(=O)N[C@@H](CO)C(=O)N1CCC[C@H]1C(=O)N[C@@H](CCCN=C(N)N)C(=O)N[C@H](C(=O)O)[C@@H](C)O. The van der Waals surface area contributed by atoms with Crippen molar-refractivity contribution in [1.29, 1.82) is 0 Å². The molecule has 560 valence electrons. The zero-order valence-corrected chi connectivity index (χ0v) is 57.4. The lowest BCUT2D eigenvalue weighted by Crippen LogP contribution is -2.59. The number of rotatable bonds is 47. The van der Waals surface area contributed by atoms with E-state index in [1.165, 1.54) is 18.7 Å². The van der Waals surface area contributed by atoms with Gasteiger partial charge in [-0.25, -0.2) is 4.79 Å². The lowest BCUT2D eigenvalue weighted by atomic mass is 10.0. The van der Waals surface area contributed by atoms with E-state index in [9.17, 15) is 103 Å². The van der Waals surface area contributed by atoms with E-state index in [-0.39, 0.29) is 95.3 Å². The Hall–Kier alpha value is -9.22. The molecule has 1 rings (SSSR count). The van der Waals surface area contributed by atoms with Crippen LogP contribution in [-0.4, -0.2) is 266 Å². The average Bonchev–Trinajstić information content (AvgIpc) is 1.74. The standard InChI is InChI=1S/C58H101N19O21S/c1-27(2)21-35(73-48(89)31(11-8-17-64-57(60)61)68-40(81)24-66-46(87)34(16-20-99-7)71-52(93)36(22-28(3)4)75-54(95)44(59)29(5)79)51(92)70-33(14-15-42(83)84)49(90)74-37(23-43(85)86)47(88)67-25-41(82)69-38(26-78)55(96)77-19-10-13-39(77)53(94)72-32(12-9-18-65-58(62)63)50(91)76-45(30(6)80)56(97)98/h27-39,44-45,78-80H,8-26,59H2,1-7H3,(H,66,87)(H,67,88)(H,68,81)(H,69,82)(H,70,92)(H,71,93)(H,72,94)(H,73,89)(H,74,90)(H,75,95)(H,76,91)(H,83,84)(H,85,86)(H,97,98)(H4,60,61,64)(H4,62,63,65)/t29-,30-,31+,32+,33+,34+,35+,36+,37+,38+,39+,44+,45+/m1/s1. The zero-order valence-electron chi connectivity index (χ0n) is 56.5. The van der Waals surface area contributed by atoms with Gasteiger partial charge < -0.3 is 123 Å². The summed E-state index contributed by atoms with van der Waals surface area (Å²) in [5.41, 5.74) is 27.5. The summed E-state index contributed by atoms with van der Waals surface area (Å²) in [4.78, 5) is 208. The van der Waals surface area contributed by atoms with Gasteiger partial charge in [0.25, 0.3) is 0 Å². The number of nitrogens with two attached hydrogens (primary N) is 5. The third-order valence-electron chi connectivity index (χ3n) is 14.8. The molecule has 0 aliphatic carbocycles. The molecular formula is C58H101N19O21S. The van der Waals surface area contributed by atoms with E-state index in [0.717, 1.165) is 11.8 Å². The molecule has 0 unspecified atom stereocenters. The summed E-state index contributed by atoms with van der Waals surface area (Å²) in [7, 11) is 0. The van der Waals surface area contributed by atoms with Gasteiger partial charge in [-0.2, -0.15) is 11.8 Å². The van der Waals surface area contributed by atoms with Gasteiger partial charge in [-0.15, -0.1) is 0 Å². The van der Waals surface area contributed by atoms with Crippen LogP contribution in [0.25, 0.3) is 0 Å². The topological polar surface area (TPSA) is 668 Å². The molecule has 12 amide bonds. The number of carbonyl (C=O) groups is 15. The number of carboxylic acids is 3. The van der Waals surface area contributed by atoms with E-state index < -0.39 is 212 Å². The molecule has 1 aliphatic heterocycles. The lowest BCUT2D eigenvalue weighted by molar-refractivity contribution is -0.146. The number of aliphatic hydroxyl groups is 3. The first-order valence-corrected chi connectivity index (χ1v) is 33.3. The molecule has 0 aromatic heterocycles. The van der Waals surface area contributed by atoms with Gasteiger partial charge >= 0.3 is 17.9 Å². The van der Waals surface area contributed by atoms with Crippen molar-refractivity contribution in [2.75, 3.05) is 51.3 Å². The maximum Gasteiger partial charge on any atom is 0.328 e. The Morgan fingerprint density at radius 2 is 0.939 bits per heavy atom. The van der Waals surface area contributed by atoms with E-state index in [0.29, 0.717) is 5.75 Å². The quantitative estimate of drug-likeness (QED) is 0.0153. The summed E-state index contributed by atoms with van der Waals surface area (Å²) < 4.78 is 0. The number of nitrogens with one attached hydrogen (secondary N) is 11. The van der Waals surface area contributed by atoms with Gasteiger partial charge in [0.05, 0.1) is 38.3 Å². The number of aliphatic hydroxyl groups excluding tert-OH is 3. The molecule has 0 bridgehead atoms. The number of aliphatic carboxylic acids is 3. The Labute approximate surface area is 575 Å². The molecule has 13 atom stereocenters. The summed E-state index contributed by atoms with van der Waals surface area (Å²) in [5.74, 6) is -17.6. The number of thioether (sulfide) groups is 1. The van der Waals surface area contributed by atoms with E-state index in [1.807, 2.05) is 0 Å². The number of carbonyl (C=O) groups excluding carboxylic acids is 12. The molecule has 0 aromatic rings. The number of hydrogen-bond acceptors (Lipinski definition) is 22. The molecule has 1 fully saturated rings. The van der Waals surface area contributed by atoms with Crippen LogP contribution in [0.3, 0.4) is 0 Å². The summed E-state index contributed by atoms with van der Waals surface area (Å²) in [6.45, 7) is 6.23. The molecule has 1 aliphatic rings. The fraction of sp³-hybridized carbons (Fsp3) is 0.707. The van der Waals surface area contributed by atoms with Crippen molar-refractivity contribution < 1.29 is 103 Å². The summed E-state index contributed by atoms with van der Waals surface area (Å²) in [6, 6.07) is -17.0. The largest absolute Gasteiger partial charge is 0.481 e. The monoisotopic (exact) mass is 1430 g/mol. The van der Waals surface area contributed by atoms with Crippen molar-refractivity contribution in [2.24, 2.45) is 50.5 Å². The van der Waals surface area contributed by atoms with Gasteiger partial charge in [-0.3, -0.25) is 77.1 Å². The van der Waals surface area contributed by atoms with Crippen LogP contribution in [0.1, 0.15) is 119 Å². The van der Waals surface area contributed by atoms with Crippen LogP contribution in [0, 0.1) is 11.8 Å². The van der Waals surface area contributed by atoms with Crippen LogP contribution < -0.4 is 87.2 Å². The minimum atomic E-state index is -2.05. The van der Waals surface area contributed by atoms with Crippen LogP contribution in [0.4, 0.5) is 0 Å². The van der Waals surface area contributed by atoms with Gasteiger partial charge in [-0.05, 0) is 102 Å². The molecule has 41 heteroatoms. The molecule has 99 heavy (non-hydrogen) atoms. The Morgan fingerprint density at radius 3 is 1.37 bits per heavy atom. The third-order valence-corrected chi connectivity index (χ3v) is 15.4. The molecule has 1 heterocycles. The van der Waals surface area contributed by atoms with Crippen molar-refractivity contribution in [1.82, 2.24) is 63.4 Å². The molecule has 0 radical (unpaired) electrons. The second-order valence-electron chi connectivity index (χ2n) is 24.2. The lowest BCUT2D eigenvalue weighted by Gasteiger charge is -2.29. The van der Waals surface area contributed by atoms with Crippen LogP contribution in [0.5, 0.6) is 0 Å². The molecule has 0 spiro atoms. The fourth-order valence-corrected chi connectivity index (χ4v) is 10.1. The third kappa shape index (κ3) is 34.2. The highest BCUT2D eigenvalue weighted by molar-refractivity contribution is 7.98. The van der Waals surface area contributed by atoms with Crippen LogP contribution in [0.2, 0.25) is 0 Å². The average molecular weight is 1430 g/mol.